The van der Waals surface area contributed by atoms with Gasteiger partial charge in [0.25, 0.3) is 0 Å². The van der Waals surface area contributed by atoms with Crippen LogP contribution in [-0.2, 0) is 10.2 Å². The van der Waals surface area contributed by atoms with Gasteiger partial charge >= 0.3 is 204 Å². The monoisotopic (exact) mass is 502 g/mol. The Labute approximate surface area is 203 Å². The molecule has 0 heterocycles. The van der Waals surface area contributed by atoms with E-state index >= 15 is 0 Å². The summed E-state index contributed by atoms with van der Waals surface area (Å²) in [4.78, 5) is 11.4. The van der Waals surface area contributed by atoms with E-state index in [4.69, 9.17) is 0 Å². The molecule has 1 N–H and O–H groups in total. The van der Waals surface area contributed by atoms with Crippen molar-refractivity contribution in [3.8, 4) is 0 Å². The van der Waals surface area contributed by atoms with Crippen LogP contribution in [-0.4, -0.2) is 26.0 Å². The summed E-state index contributed by atoms with van der Waals surface area (Å²) in [5.74, 6) is -0.845. The van der Waals surface area contributed by atoms with Crippen molar-refractivity contribution in [3.63, 3.8) is 0 Å². The van der Waals surface area contributed by atoms with E-state index in [1.807, 2.05) is 19.1 Å². The molecule has 168 valence electrons. The van der Waals surface area contributed by atoms with Crippen LogP contribution in [0.3, 0.4) is 0 Å². The third-order valence-corrected chi connectivity index (χ3v) is 8.33. The van der Waals surface area contributed by atoms with Gasteiger partial charge in [-0.15, -0.1) is 0 Å². The maximum atomic E-state index is 11.4. The van der Waals surface area contributed by atoms with Gasteiger partial charge in [0.1, 0.15) is 0 Å². The molecule has 0 unspecified atom stereocenters. The molecule has 3 aromatic rings. The van der Waals surface area contributed by atoms with Gasteiger partial charge in [-0.05, 0) is 0 Å². The van der Waals surface area contributed by atoms with Crippen molar-refractivity contribution in [2.24, 2.45) is 0 Å². The van der Waals surface area contributed by atoms with Gasteiger partial charge in [0.05, 0.1) is 0 Å². The molecule has 2 nitrogen and oxygen atoms in total. The average Bonchev–Trinajstić information content (AvgIpc) is 2.79. The first-order valence-corrected chi connectivity index (χ1v) is 13.1. The average molecular weight is 502 g/mol. The number of carbonyl (C=O) groups is 1. The minimum atomic E-state index is -0.845. The van der Waals surface area contributed by atoms with Crippen LogP contribution in [0.25, 0.3) is 11.6 Å². The number of carboxylic acid groups (broad SMARTS) is 1. The third kappa shape index (κ3) is 5.21. The number of benzene rings is 3. The number of aryl methyl sites for hydroxylation is 1. The molecule has 33 heavy (non-hydrogen) atoms. The standard InChI is InChI=1S/C30H30O2Se/c1-5-22(29(31)32)17-21-7-6-8-24(18-21)33-25-13-14-27-26(23-11-9-20(2)10-12-23)15-16-30(3,4)28(27)19-25/h6-15,17-19H,5,16H2,1-4H3,(H,31,32)/b22-17+. The van der Waals surface area contributed by atoms with E-state index in [1.54, 1.807) is 6.08 Å². The maximum absolute atomic E-state index is 11.4. The number of aliphatic carboxylic acids is 1. The van der Waals surface area contributed by atoms with Crippen molar-refractivity contribution in [2.75, 3.05) is 0 Å². The summed E-state index contributed by atoms with van der Waals surface area (Å²) in [6, 6.07) is 24.0. The van der Waals surface area contributed by atoms with E-state index in [9.17, 15) is 9.90 Å². The second-order valence-electron chi connectivity index (χ2n) is 9.28. The Bertz CT molecular complexity index is 1250. The van der Waals surface area contributed by atoms with Crippen LogP contribution in [0.4, 0.5) is 0 Å². The Balaban J connectivity index is 1.66. The molecule has 3 heteroatoms. The number of hydrogen-bond donors (Lipinski definition) is 1. The summed E-state index contributed by atoms with van der Waals surface area (Å²) in [7, 11) is 0. The summed E-state index contributed by atoms with van der Waals surface area (Å²) in [5, 5.41) is 9.35. The Hall–Kier alpha value is -2.87. The van der Waals surface area contributed by atoms with Gasteiger partial charge in [0, 0.05) is 0 Å². The first kappa shape index (κ1) is 23.3. The molecule has 4 rings (SSSR count). The molecule has 0 aromatic heterocycles. The van der Waals surface area contributed by atoms with Gasteiger partial charge in [-0.2, -0.15) is 0 Å². The third-order valence-electron chi connectivity index (χ3n) is 6.28. The quantitative estimate of drug-likeness (QED) is 0.351. The van der Waals surface area contributed by atoms with Gasteiger partial charge in [-0.1, -0.05) is 0 Å². The topological polar surface area (TPSA) is 37.3 Å². The van der Waals surface area contributed by atoms with Crippen LogP contribution >= 0.6 is 0 Å². The number of fused-ring (bicyclic) bond motifs is 1. The van der Waals surface area contributed by atoms with E-state index in [2.05, 4.69) is 81.4 Å². The molecule has 0 amide bonds. The Morgan fingerprint density at radius 1 is 1.03 bits per heavy atom. The van der Waals surface area contributed by atoms with Crippen molar-refractivity contribution in [2.45, 2.75) is 46.0 Å². The normalized spacial score (nSPS) is 15.0. The first-order valence-electron chi connectivity index (χ1n) is 11.4. The number of rotatable bonds is 6. The predicted octanol–water partition coefficient (Wildman–Crippen LogP) is 5.64. The second-order valence-corrected chi connectivity index (χ2v) is 11.7. The van der Waals surface area contributed by atoms with E-state index in [0.717, 1.165) is 12.0 Å². The fraction of sp³-hybridized carbons (Fsp3) is 0.233. The van der Waals surface area contributed by atoms with E-state index < -0.39 is 5.97 Å². The summed E-state index contributed by atoms with van der Waals surface area (Å²) in [5.41, 5.74) is 8.12. The van der Waals surface area contributed by atoms with Crippen LogP contribution in [0.1, 0.15) is 61.4 Å². The molecule has 0 fully saturated rings. The molecule has 1 aliphatic carbocycles. The van der Waals surface area contributed by atoms with Gasteiger partial charge in [-0.3, -0.25) is 0 Å². The van der Waals surface area contributed by atoms with Crippen LogP contribution in [0.5, 0.6) is 0 Å². The van der Waals surface area contributed by atoms with Crippen LogP contribution in [0, 0.1) is 6.92 Å². The van der Waals surface area contributed by atoms with E-state index in [0.29, 0.717) is 12.0 Å². The molecular formula is C30H30O2Se. The van der Waals surface area contributed by atoms with Crippen LogP contribution in [0.15, 0.2) is 78.4 Å². The van der Waals surface area contributed by atoms with Gasteiger partial charge < -0.3 is 0 Å². The van der Waals surface area contributed by atoms with Crippen molar-refractivity contribution >= 4 is 41.5 Å². The summed E-state index contributed by atoms with van der Waals surface area (Å²) < 4.78 is 2.59. The Morgan fingerprint density at radius 3 is 2.45 bits per heavy atom. The van der Waals surface area contributed by atoms with E-state index in [-0.39, 0.29) is 20.4 Å². The number of hydrogen-bond acceptors (Lipinski definition) is 1. The molecule has 0 radical (unpaired) electrons. The molecule has 1 aliphatic rings. The van der Waals surface area contributed by atoms with Crippen molar-refractivity contribution in [1.29, 1.82) is 0 Å². The molecule has 3 aromatic carbocycles. The van der Waals surface area contributed by atoms with Crippen molar-refractivity contribution in [1.82, 2.24) is 0 Å². The SMILES string of the molecule is CC/C(=C\c1cccc([Se]c2ccc3c(c2)C(C)(C)CC=C3c2ccc(C)cc2)c1)C(=O)O. The first-order chi connectivity index (χ1) is 15.8. The zero-order valence-corrected chi connectivity index (χ0v) is 21.4. The fourth-order valence-corrected chi connectivity index (χ4v) is 6.23. The number of carboxylic acids is 1. The Kier molecular flexibility index (Phi) is 6.74. The van der Waals surface area contributed by atoms with Crippen molar-refractivity contribution in [3.05, 3.63) is 106 Å². The molecule has 0 saturated heterocycles. The van der Waals surface area contributed by atoms with Gasteiger partial charge in [0.15, 0.2) is 0 Å². The van der Waals surface area contributed by atoms with Crippen LogP contribution in [0.2, 0.25) is 0 Å². The van der Waals surface area contributed by atoms with Crippen molar-refractivity contribution < 1.29 is 9.90 Å². The fourth-order valence-electron chi connectivity index (χ4n) is 4.29. The van der Waals surface area contributed by atoms with E-state index in [1.165, 1.54) is 36.8 Å². The second kappa shape index (κ2) is 9.55. The minimum absolute atomic E-state index is 0.0950. The molecular weight excluding hydrogens is 471 g/mol. The molecule has 0 saturated carbocycles. The van der Waals surface area contributed by atoms with Gasteiger partial charge in [-0.25, -0.2) is 0 Å². The summed E-state index contributed by atoms with van der Waals surface area (Å²) >= 11 is 0.149. The zero-order chi connectivity index (χ0) is 23.6. The number of allylic oxidation sites excluding steroid dienone is 1. The van der Waals surface area contributed by atoms with Crippen LogP contribution < -0.4 is 8.92 Å². The predicted molar refractivity (Wildman–Crippen MR) is 140 cm³/mol. The summed E-state index contributed by atoms with van der Waals surface area (Å²) in [6.45, 7) is 8.66. The van der Waals surface area contributed by atoms with Gasteiger partial charge in [0.2, 0.25) is 0 Å². The zero-order valence-electron chi connectivity index (χ0n) is 19.7. The molecule has 0 aliphatic heterocycles. The molecule has 0 bridgehead atoms. The summed E-state index contributed by atoms with van der Waals surface area (Å²) in [6.07, 6.45) is 5.72. The molecule has 0 atom stereocenters. The molecule has 0 spiro atoms. The Morgan fingerprint density at radius 2 is 1.76 bits per heavy atom.